The Bertz CT molecular complexity index is 925. The highest BCUT2D eigenvalue weighted by Crippen LogP contribution is 2.22. The molecule has 6 nitrogen and oxygen atoms in total. The molecule has 2 heterocycles. The maximum Gasteiger partial charge on any atom is 0.437 e. The van der Waals surface area contributed by atoms with Crippen molar-refractivity contribution in [1.82, 2.24) is 9.78 Å². The van der Waals surface area contributed by atoms with Crippen molar-refractivity contribution in [3.8, 4) is 10.8 Å². The smallest absolute Gasteiger partial charge is 0.387 e. The van der Waals surface area contributed by atoms with Crippen LogP contribution in [0.5, 0.6) is 0 Å². The summed E-state index contributed by atoms with van der Waals surface area (Å²) in [6.45, 7) is 4.18. The van der Waals surface area contributed by atoms with Gasteiger partial charge in [0, 0.05) is 12.1 Å². The van der Waals surface area contributed by atoms with Crippen molar-refractivity contribution in [2.24, 2.45) is 0 Å². The van der Waals surface area contributed by atoms with Gasteiger partial charge in [-0.05, 0) is 35.9 Å². The number of nitrogens with one attached hydrogen (secondary N) is 1. The second kappa shape index (κ2) is 7.48. The van der Waals surface area contributed by atoms with E-state index >= 15 is 0 Å². The summed E-state index contributed by atoms with van der Waals surface area (Å²) in [5.41, 5.74) is 2.96. The van der Waals surface area contributed by atoms with Crippen LogP contribution in [0.4, 0.5) is 5.69 Å². The number of hydrogen-bond donors (Lipinski definition) is 1. The van der Waals surface area contributed by atoms with Crippen LogP contribution in [-0.4, -0.2) is 15.7 Å². The lowest BCUT2D eigenvalue weighted by molar-refractivity contribution is -0.116. The molecule has 0 spiro atoms. The lowest BCUT2D eigenvalue weighted by Crippen LogP contribution is -2.21. The molecule has 0 bridgehead atoms. The molecule has 0 atom stereocenters. The van der Waals surface area contributed by atoms with Crippen molar-refractivity contribution < 1.29 is 9.21 Å². The average Bonchev–Trinajstić information content (AvgIpc) is 3.24. The highest BCUT2D eigenvalue weighted by Gasteiger charge is 2.13. The predicted octanol–water partition coefficient (Wildman–Crippen LogP) is 3.46. The first kappa shape index (κ1) is 17.2. The molecule has 1 aromatic carbocycles. The minimum atomic E-state index is -0.554. The Hall–Kier alpha value is -2.67. The lowest BCUT2D eigenvalue weighted by atomic mass is 10.1. The van der Waals surface area contributed by atoms with Gasteiger partial charge in [0.25, 0.3) is 5.89 Å². The monoisotopic (exact) mass is 357 g/mol. The second-order valence-electron chi connectivity index (χ2n) is 5.63. The number of hydrogen-bond acceptors (Lipinski definition) is 5. The molecule has 3 aromatic rings. The van der Waals surface area contributed by atoms with Gasteiger partial charge in [0.2, 0.25) is 5.91 Å². The second-order valence-corrected chi connectivity index (χ2v) is 6.58. The molecule has 2 aromatic heterocycles. The van der Waals surface area contributed by atoms with Crippen LogP contribution in [0.2, 0.25) is 0 Å². The summed E-state index contributed by atoms with van der Waals surface area (Å²) in [7, 11) is 0. The van der Waals surface area contributed by atoms with Crippen LogP contribution in [-0.2, 0) is 17.8 Å². The number of amides is 1. The molecule has 25 heavy (non-hydrogen) atoms. The minimum Gasteiger partial charge on any atom is -0.387 e. The van der Waals surface area contributed by atoms with Crippen molar-refractivity contribution in [3.63, 3.8) is 0 Å². The molecular weight excluding hydrogens is 338 g/mol. The van der Waals surface area contributed by atoms with Gasteiger partial charge in [0.1, 0.15) is 0 Å². The first-order valence-electron chi connectivity index (χ1n) is 8.08. The van der Waals surface area contributed by atoms with Crippen LogP contribution < -0.4 is 11.1 Å². The van der Waals surface area contributed by atoms with E-state index in [0.717, 1.165) is 28.1 Å². The van der Waals surface area contributed by atoms with Gasteiger partial charge in [-0.3, -0.25) is 4.79 Å². The number of aryl methyl sites for hydroxylation is 3. The zero-order valence-electron chi connectivity index (χ0n) is 14.1. The number of carbonyl (C=O) groups excluding carboxylic acids is 1. The van der Waals surface area contributed by atoms with Crippen LogP contribution in [0, 0.1) is 6.92 Å². The van der Waals surface area contributed by atoms with Crippen molar-refractivity contribution in [1.29, 1.82) is 0 Å². The zero-order valence-corrected chi connectivity index (χ0v) is 14.9. The van der Waals surface area contributed by atoms with Gasteiger partial charge in [0.15, 0.2) is 0 Å². The number of benzene rings is 1. The molecular formula is C18H19N3O3S. The largest absolute Gasteiger partial charge is 0.437 e. The highest BCUT2D eigenvalue weighted by molar-refractivity contribution is 7.13. The number of rotatable bonds is 6. The molecule has 0 unspecified atom stereocenters. The third-order valence-corrected chi connectivity index (χ3v) is 4.75. The Kier molecular flexibility index (Phi) is 5.14. The van der Waals surface area contributed by atoms with E-state index in [-0.39, 0.29) is 24.8 Å². The molecule has 0 saturated heterocycles. The van der Waals surface area contributed by atoms with Crippen molar-refractivity contribution in [2.45, 2.75) is 33.2 Å². The van der Waals surface area contributed by atoms with E-state index in [4.69, 9.17) is 4.42 Å². The molecule has 130 valence electrons. The summed E-state index contributed by atoms with van der Waals surface area (Å²) >= 11 is 1.44. The Balaban J connectivity index is 1.67. The average molecular weight is 357 g/mol. The lowest BCUT2D eigenvalue weighted by Gasteiger charge is -2.12. The Morgan fingerprint density at radius 3 is 2.88 bits per heavy atom. The van der Waals surface area contributed by atoms with Gasteiger partial charge < -0.3 is 9.73 Å². The van der Waals surface area contributed by atoms with Crippen molar-refractivity contribution >= 4 is 22.9 Å². The third kappa shape index (κ3) is 3.88. The first-order valence-corrected chi connectivity index (χ1v) is 8.96. The van der Waals surface area contributed by atoms with E-state index in [0.29, 0.717) is 0 Å². The molecule has 0 saturated carbocycles. The fourth-order valence-electron chi connectivity index (χ4n) is 2.56. The maximum atomic E-state index is 12.3. The number of nitrogens with zero attached hydrogens (tertiary/aromatic N) is 2. The van der Waals surface area contributed by atoms with Crippen LogP contribution in [0.1, 0.15) is 24.5 Å². The van der Waals surface area contributed by atoms with Gasteiger partial charge >= 0.3 is 5.76 Å². The van der Waals surface area contributed by atoms with E-state index in [1.165, 1.54) is 16.0 Å². The van der Waals surface area contributed by atoms with Crippen LogP contribution in [0.15, 0.2) is 44.9 Å². The molecule has 0 radical (unpaired) electrons. The summed E-state index contributed by atoms with van der Waals surface area (Å²) in [6.07, 6.45) is 0.984. The number of carbonyl (C=O) groups is 1. The third-order valence-electron chi connectivity index (χ3n) is 3.89. The van der Waals surface area contributed by atoms with E-state index in [2.05, 4.69) is 10.4 Å². The van der Waals surface area contributed by atoms with E-state index in [1.807, 2.05) is 49.6 Å². The molecule has 7 heteroatoms. The van der Waals surface area contributed by atoms with Crippen LogP contribution >= 0.6 is 11.3 Å². The van der Waals surface area contributed by atoms with Gasteiger partial charge in [-0.25, -0.2) is 4.79 Å². The van der Waals surface area contributed by atoms with Crippen molar-refractivity contribution in [2.75, 3.05) is 5.32 Å². The van der Waals surface area contributed by atoms with Crippen LogP contribution in [0.3, 0.4) is 0 Å². The fourth-order valence-corrected chi connectivity index (χ4v) is 3.20. The SMILES string of the molecule is CCc1cccc(C)c1NC(=O)CCn1nc(-c2cccs2)oc1=O. The maximum absolute atomic E-state index is 12.3. The molecule has 3 rings (SSSR count). The molecule has 0 aliphatic rings. The Morgan fingerprint density at radius 1 is 1.32 bits per heavy atom. The van der Waals surface area contributed by atoms with E-state index < -0.39 is 5.76 Å². The summed E-state index contributed by atoms with van der Waals surface area (Å²) < 4.78 is 6.33. The van der Waals surface area contributed by atoms with Gasteiger partial charge in [-0.2, -0.15) is 4.68 Å². The molecule has 0 aliphatic heterocycles. The van der Waals surface area contributed by atoms with Crippen molar-refractivity contribution in [3.05, 3.63) is 57.4 Å². The highest BCUT2D eigenvalue weighted by atomic mass is 32.1. The molecule has 0 aliphatic carbocycles. The van der Waals surface area contributed by atoms with Gasteiger partial charge in [-0.1, -0.05) is 31.2 Å². The predicted molar refractivity (Wildman–Crippen MR) is 97.9 cm³/mol. The number of anilines is 1. The molecule has 0 fully saturated rings. The standard InChI is InChI=1S/C18H19N3O3S/c1-3-13-7-4-6-12(2)16(13)19-15(22)9-10-21-18(23)24-17(20-21)14-8-5-11-25-14/h4-8,11H,3,9-10H2,1-2H3,(H,19,22). The summed E-state index contributed by atoms with van der Waals surface area (Å²) in [5.74, 6) is -0.425. The summed E-state index contributed by atoms with van der Waals surface area (Å²) in [5, 5.41) is 8.98. The number of aromatic nitrogens is 2. The normalized spacial score (nSPS) is 10.8. The van der Waals surface area contributed by atoms with E-state index in [9.17, 15) is 9.59 Å². The molecule has 1 N–H and O–H groups in total. The molecule has 1 amide bonds. The summed E-state index contributed by atoms with van der Waals surface area (Å²) in [6, 6.07) is 9.63. The zero-order chi connectivity index (χ0) is 17.8. The van der Waals surface area contributed by atoms with Crippen LogP contribution in [0.25, 0.3) is 10.8 Å². The number of para-hydroxylation sites is 1. The first-order chi connectivity index (χ1) is 12.1. The van der Waals surface area contributed by atoms with E-state index in [1.54, 1.807) is 0 Å². The topological polar surface area (TPSA) is 77.1 Å². The van der Waals surface area contributed by atoms with Gasteiger partial charge in [0.05, 0.1) is 11.4 Å². The Morgan fingerprint density at radius 2 is 2.16 bits per heavy atom. The summed E-state index contributed by atoms with van der Waals surface area (Å²) in [4.78, 5) is 24.9. The fraction of sp³-hybridized carbons (Fsp3) is 0.278. The van der Waals surface area contributed by atoms with Gasteiger partial charge in [-0.15, -0.1) is 16.4 Å². The minimum absolute atomic E-state index is 0.147. The Labute approximate surface area is 149 Å². The quantitative estimate of drug-likeness (QED) is 0.733. The number of thiophene rings is 1.